The molecule has 3 aromatic rings. The summed E-state index contributed by atoms with van der Waals surface area (Å²) in [5, 5.41) is 6.95. The first-order valence-corrected chi connectivity index (χ1v) is 15.8. The average molecular weight is 578 g/mol. The van der Waals surface area contributed by atoms with Gasteiger partial charge in [0.25, 0.3) is 0 Å². The number of halogens is 1. The molecule has 2 aliphatic heterocycles. The van der Waals surface area contributed by atoms with Crippen LogP contribution in [0.4, 0.5) is 17.5 Å². The molecule has 0 radical (unpaired) electrons. The van der Waals surface area contributed by atoms with Gasteiger partial charge in [-0.25, -0.2) is 13.4 Å². The number of nitrogens with zero attached hydrogens (tertiary/aromatic N) is 3. The van der Waals surface area contributed by atoms with Crippen molar-refractivity contribution in [2.45, 2.75) is 43.4 Å². The first-order valence-electron chi connectivity index (χ1n) is 13.8. The van der Waals surface area contributed by atoms with Gasteiger partial charge in [0.2, 0.25) is 11.9 Å². The fraction of sp³-hybridized carbons (Fsp3) is 0.367. The largest absolute Gasteiger partial charge is 0.356 e. The molecule has 1 aromatic heterocycles. The number of hydrogen-bond acceptors (Lipinski definition) is 7. The highest BCUT2D eigenvalue weighted by Gasteiger charge is 2.31. The number of carbonyl (C=O) groups is 1. The average Bonchev–Trinajstić information content (AvgIpc) is 3.78. The molecule has 1 aliphatic carbocycles. The molecule has 208 valence electrons. The number of carbonyl (C=O) groups excluding carboxylic acids is 1. The Bertz CT molecular complexity index is 1550. The van der Waals surface area contributed by atoms with Crippen LogP contribution in [0.15, 0.2) is 59.5 Å². The zero-order valence-electron chi connectivity index (χ0n) is 22.2. The maximum Gasteiger partial charge on any atom is 0.227 e. The van der Waals surface area contributed by atoms with Crippen molar-refractivity contribution in [1.82, 2.24) is 15.3 Å². The van der Waals surface area contributed by atoms with E-state index in [-0.39, 0.29) is 16.6 Å². The number of amides is 1. The Morgan fingerprint density at radius 2 is 1.80 bits per heavy atom. The van der Waals surface area contributed by atoms with Crippen LogP contribution in [0.1, 0.15) is 42.5 Å². The van der Waals surface area contributed by atoms with Crippen molar-refractivity contribution in [3.63, 3.8) is 0 Å². The highest BCUT2D eigenvalue weighted by Crippen LogP contribution is 2.34. The van der Waals surface area contributed by atoms with Crippen LogP contribution in [0.3, 0.4) is 0 Å². The number of fused-ring (bicyclic) bond motifs is 1. The van der Waals surface area contributed by atoms with Gasteiger partial charge >= 0.3 is 0 Å². The zero-order chi connectivity index (χ0) is 27.7. The van der Waals surface area contributed by atoms with Gasteiger partial charge in [0, 0.05) is 30.3 Å². The quantitative estimate of drug-likeness (QED) is 0.390. The summed E-state index contributed by atoms with van der Waals surface area (Å²) in [7, 11) is -3.50. The third-order valence-electron chi connectivity index (χ3n) is 7.63. The van der Waals surface area contributed by atoms with Crippen LogP contribution in [0.25, 0.3) is 5.57 Å². The van der Waals surface area contributed by atoms with E-state index >= 15 is 0 Å². The van der Waals surface area contributed by atoms with E-state index in [4.69, 9.17) is 21.6 Å². The molecule has 1 amide bonds. The predicted molar refractivity (Wildman–Crippen MR) is 158 cm³/mol. The fourth-order valence-electron chi connectivity index (χ4n) is 5.19. The van der Waals surface area contributed by atoms with Crippen LogP contribution in [0, 0.1) is 5.92 Å². The lowest BCUT2D eigenvalue weighted by Crippen LogP contribution is -2.31. The van der Waals surface area contributed by atoms with Crippen LogP contribution in [0.5, 0.6) is 0 Å². The monoisotopic (exact) mass is 577 g/mol. The maximum absolute atomic E-state index is 13.1. The van der Waals surface area contributed by atoms with E-state index in [1.165, 1.54) is 18.4 Å². The lowest BCUT2D eigenvalue weighted by atomic mass is 10.00. The Morgan fingerprint density at radius 1 is 1.02 bits per heavy atom. The van der Waals surface area contributed by atoms with E-state index in [2.05, 4.69) is 21.6 Å². The second-order valence-electron chi connectivity index (χ2n) is 10.7. The van der Waals surface area contributed by atoms with Gasteiger partial charge in [-0.3, -0.25) is 4.79 Å². The number of nitrogens with one attached hydrogen (secondary N) is 2. The first-order chi connectivity index (χ1) is 19.3. The van der Waals surface area contributed by atoms with Crippen molar-refractivity contribution in [2.75, 3.05) is 35.6 Å². The third kappa shape index (κ3) is 6.15. The summed E-state index contributed by atoms with van der Waals surface area (Å²) < 4.78 is 26.2. The number of sulfone groups is 1. The van der Waals surface area contributed by atoms with E-state index in [0.717, 1.165) is 30.6 Å². The van der Waals surface area contributed by atoms with E-state index in [0.29, 0.717) is 59.9 Å². The van der Waals surface area contributed by atoms with Gasteiger partial charge in [0.15, 0.2) is 15.7 Å². The molecule has 6 rings (SSSR count). The normalized spacial score (nSPS) is 18.0. The van der Waals surface area contributed by atoms with Crippen LogP contribution in [-0.2, 0) is 27.5 Å². The molecular formula is C30H32ClN5O3S. The number of rotatable bonds is 8. The second kappa shape index (κ2) is 11.2. The van der Waals surface area contributed by atoms with Crippen LogP contribution < -0.4 is 15.5 Å². The zero-order valence-corrected chi connectivity index (χ0v) is 23.8. The van der Waals surface area contributed by atoms with Crippen molar-refractivity contribution in [2.24, 2.45) is 5.92 Å². The minimum Gasteiger partial charge on any atom is -0.356 e. The molecule has 0 spiro atoms. The minimum atomic E-state index is -3.50. The van der Waals surface area contributed by atoms with E-state index in [9.17, 15) is 13.2 Å². The number of aromatic nitrogens is 2. The van der Waals surface area contributed by atoms with E-state index < -0.39 is 9.84 Å². The van der Waals surface area contributed by atoms with Gasteiger partial charge in [-0.05, 0) is 79.0 Å². The predicted octanol–water partition coefficient (Wildman–Crippen LogP) is 4.96. The smallest absolute Gasteiger partial charge is 0.227 e. The number of aryl methyl sites for hydroxylation is 1. The van der Waals surface area contributed by atoms with Crippen LogP contribution in [-0.4, -0.2) is 49.7 Å². The lowest BCUT2D eigenvalue weighted by molar-refractivity contribution is -0.120. The molecule has 2 aromatic carbocycles. The molecule has 0 saturated heterocycles. The Kier molecular flexibility index (Phi) is 7.51. The molecule has 1 saturated carbocycles. The van der Waals surface area contributed by atoms with Gasteiger partial charge in [0.1, 0.15) is 4.90 Å². The number of anilines is 3. The SMILES string of the molecule is O=C(Cc1ccc(Nc2nc(N3CC=C(c4ccc(Cl)cc4)CC3)nc3c2S(=O)(=O)CCC3)cc1)NCC1CC1. The third-order valence-corrected chi connectivity index (χ3v) is 9.76. The van der Waals surface area contributed by atoms with Gasteiger partial charge in [-0.2, -0.15) is 4.98 Å². The van der Waals surface area contributed by atoms with Gasteiger partial charge in [-0.15, -0.1) is 0 Å². The molecule has 40 heavy (non-hydrogen) atoms. The first kappa shape index (κ1) is 26.8. The second-order valence-corrected chi connectivity index (χ2v) is 13.2. The van der Waals surface area contributed by atoms with Crippen molar-refractivity contribution < 1.29 is 13.2 Å². The number of hydrogen-bond donors (Lipinski definition) is 2. The molecule has 8 nitrogen and oxygen atoms in total. The van der Waals surface area contributed by atoms with Crippen molar-refractivity contribution in [3.8, 4) is 0 Å². The molecule has 0 atom stereocenters. The molecule has 3 heterocycles. The molecule has 2 N–H and O–H groups in total. The fourth-order valence-corrected chi connectivity index (χ4v) is 6.94. The summed E-state index contributed by atoms with van der Waals surface area (Å²) in [5.74, 6) is 1.57. The van der Waals surface area contributed by atoms with Crippen LogP contribution >= 0.6 is 11.6 Å². The van der Waals surface area contributed by atoms with Crippen molar-refractivity contribution >= 4 is 50.4 Å². The topological polar surface area (TPSA) is 104 Å². The highest BCUT2D eigenvalue weighted by atomic mass is 35.5. The molecule has 0 bridgehead atoms. The van der Waals surface area contributed by atoms with Gasteiger partial charge < -0.3 is 15.5 Å². The molecule has 3 aliphatic rings. The highest BCUT2D eigenvalue weighted by molar-refractivity contribution is 7.91. The Hall–Kier alpha value is -3.43. The summed E-state index contributed by atoms with van der Waals surface area (Å²) in [6.07, 6.45) is 6.83. The molecule has 1 fully saturated rings. The standard InChI is InChI=1S/C30H32ClN5O3S/c31-24-9-7-22(8-10-24)23-13-15-36(16-14-23)30-34-26-2-1-17-40(38,39)28(26)29(35-30)33-25-11-5-20(6-12-25)18-27(37)32-19-21-3-4-21/h5-13,21H,1-4,14-19H2,(H,32,37)(H,33,34,35). The molecule has 10 heteroatoms. The molecular weight excluding hydrogens is 546 g/mol. The Morgan fingerprint density at radius 3 is 2.50 bits per heavy atom. The summed E-state index contributed by atoms with van der Waals surface area (Å²) in [6, 6.07) is 15.3. The Balaban J connectivity index is 1.22. The summed E-state index contributed by atoms with van der Waals surface area (Å²) in [4.78, 5) is 24.0. The van der Waals surface area contributed by atoms with E-state index in [1.807, 2.05) is 48.5 Å². The van der Waals surface area contributed by atoms with Crippen molar-refractivity contribution in [1.29, 1.82) is 0 Å². The van der Waals surface area contributed by atoms with Crippen molar-refractivity contribution in [3.05, 3.63) is 76.5 Å². The van der Waals surface area contributed by atoms with Gasteiger partial charge in [0.05, 0.1) is 17.9 Å². The minimum absolute atomic E-state index is 0.0167. The van der Waals surface area contributed by atoms with E-state index in [1.54, 1.807) is 0 Å². The maximum atomic E-state index is 13.1. The summed E-state index contributed by atoms with van der Waals surface area (Å²) in [5.41, 5.74) is 4.56. The molecule has 0 unspecified atom stereocenters. The summed E-state index contributed by atoms with van der Waals surface area (Å²) >= 11 is 6.05. The van der Waals surface area contributed by atoms with Gasteiger partial charge in [-0.1, -0.05) is 41.9 Å². The Labute approximate surface area is 239 Å². The summed E-state index contributed by atoms with van der Waals surface area (Å²) in [6.45, 7) is 2.10. The lowest BCUT2D eigenvalue weighted by Gasteiger charge is -2.29. The van der Waals surface area contributed by atoms with Crippen LogP contribution in [0.2, 0.25) is 5.02 Å². The number of benzene rings is 2.